The number of anilines is 1. The summed E-state index contributed by atoms with van der Waals surface area (Å²) < 4.78 is 0. The van der Waals surface area contributed by atoms with E-state index in [0.717, 1.165) is 10.6 Å². The standard InChI is InChI=1S/C18H13Cl2N3O2S2/c19-10-3-4-11(12(20)8-10)17(25)23-6-5-13-15(9-23)27-18(21-13)22-16(24)14-2-1-7-26-14/h1-4,7-8H,5-6,9H2,(H,21,22,24). The number of halogens is 2. The second-order valence-electron chi connectivity index (χ2n) is 5.92. The molecule has 0 atom stereocenters. The number of hydrogen-bond donors (Lipinski definition) is 1. The Bertz CT molecular complexity index is 1020. The van der Waals surface area contributed by atoms with E-state index in [0.29, 0.717) is 45.1 Å². The molecule has 0 saturated heterocycles. The van der Waals surface area contributed by atoms with Crippen LogP contribution in [0.2, 0.25) is 10.0 Å². The molecule has 1 aliphatic heterocycles. The van der Waals surface area contributed by atoms with Gasteiger partial charge in [0.15, 0.2) is 5.13 Å². The quantitative estimate of drug-likeness (QED) is 0.629. The maximum Gasteiger partial charge on any atom is 0.267 e. The van der Waals surface area contributed by atoms with Gasteiger partial charge in [-0.25, -0.2) is 4.98 Å². The van der Waals surface area contributed by atoms with Gasteiger partial charge in [0.25, 0.3) is 11.8 Å². The zero-order chi connectivity index (χ0) is 19.0. The van der Waals surface area contributed by atoms with Crippen LogP contribution in [0.3, 0.4) is 0 Å². The van der Waals surface area contributed by atoms with E-state index in [1.807, 2.05) is 11.4 Å². The minimum absolute atomic E-state index is 0.139. The lowest BCUT2D eigenvalue weighted by molar-refractivity contribution is 0.0736. The number of thiazole rings is 1. The Morgan fingerprint density at radius 1 is 1.22 bits per heavy atom. The topological polar surface area (TPSA) is 62.3 Å². The predicted octanol–water partition coefficient (Wildman–Crippen LogP) is 4.96. The third-order valence-corrected chi connectivity index (χ3v) is 6.56. The minimum Gasteiger partial charge on any atom is -0.333 e. The number of carbonyl (C=O) groups excluding carboxylic acids is 2. The fraction of sp³-hybridized carbons (Fsp3) is 0.167. The van der Waals surface area contributed by atoms with Crippen molar-refractivity contribution in [2.45, 2.75) is 13.0 Å². The summed E-state index contributed by atoms with van der Waals surface area (Å²) in [5.41, 5.74) is 1.35. The van der Waals surface area contributed by atoms with E-state index in [-0.39, 0.29) is 11.8 Å². The van der Waals surface area contributed by atoms with Gasteiger partial charge in [-0.3, -0.25) is 14.9 Å². The van der Waals surface area contributed by atoms with Crippen LogP contribution >= 0.6 is 45.9 Å². The van der Waals surface area contributed by atoms with Gasteiger partial charge in [-0.05, 0) is 29.6 Å². The van der Waals surface area contributed by atoms with Crippen LogP contribution in [0.15, 0.2) is 35.7 Å². The molecule has 3 heterocycles. The summed E-state index contributed by atoms with van der Waals surface area (Å²) >= 11 is 14.8. The third-order valence-electron chi connectivity index (χ3n) is 4.15. The second-order valence-corrected chi connectivity index (χ2v) is 8.80. The van der Waals surface area contributed by atoms with Crippen LogP contribution in [-0.2, 0) is 13.0 Å². The Hall–Kier alpha value is -1.93. The second kappa shape index (κ2) is 7.59. The molecule has 5 nitrogen and oxygen atoms in total. The molecule has 9 heteroatoms. The smallest absolute Gasteiger partial charge is 0.267 e. The molecule has 0 aliphatic carbocycles. The first-order valence-corrected chi connectivity index (χ1v) is 10.5. The van der Waals surface area contributed by atoms with E-state index < -0.39 is 0 Å². The van der Waals surface area contributed by atoms with E-state index in [1.165, 1.54) is 22.7 Å². The van der Waals surface area contributed by atoms with Crippen molar-refractivity contribution in [1.29, 1.82) is 0 Å². The van der Waals surface area contributed by atoms with Crippen LogP contribution < -0.4 is 5.32 Å². The number of nitrogens with one attached hydrogen (secondary N) is 1. The first-order chi connectivity index (χ1) is 13.0. The number of fused-ring (bicyclic) bond motifs is 1. The number of thiophene rings is 1. The van der Waals surface area contributed by atoms with Gasteiger partial charge >= 0.3 is 0 Å². The van der Waals surface area contributed by atoms with Gasteiger partial charge in [0.05, 0.1) is 27.7 Å². The first-order valence-electron chi connectivity index (χ1n) is 8.09. The number of carbonyl (C=O) groups is 2. The summed E-state index contributed by atoms with van der Waals surface area (Å²) in [6, 6.07) is 8.46. The molecule has 0 fully saturated rings. The van der Waals surface area contributed by atoms with Gasteiger partial charge in [0, 0.05) is 22.9 Å². The van der Waals surface area contributed by atoms with Crippen molar-refractivity contribution in [2.75, 3.05) is 11.9 Å². The number of nitrogens with zero attached hydrogens (tertiary/aromatic N) is 2. The molecule has 0 saturated carbocycles. The molecule has 1 aromatic carbocycles. The molecule has 2 amide bonds. The van der Waals surface area contributed by atoms with Crippen LogP contribution in [0.25, 0.3) is 0 Å². The summed E-state index contributed by atoms with van der Waals surface area (Å²) in [6.45, 7) is 0.993. The number of aromatic nitrogens is 1. The Labute approximate surface area is 173 Å². The fourth-order valence-corrected chi connectivity index (χ4v) is 4.95. The Balaban J connectivity index is 1.49. The fourth-order valence-electron chi connectivity index (χ4n) is 2.82. The number of benzene rings is 1. The maximum atomic E-state index is 12.8. The zero-order valence-corrected chi connectivity index (χ0v) is 17.0. The number of rotatable bonds is 3. The average molecular weight is 438 g/mol. The maximum absolute atomic E-state index is 12.8. The predicted molar refractivity (Wildman–Crippen MR) is 109 cm³/mol. The number of hydrogen-bond acceptors (Lipinski definition) is 5. The Kier molecular flexibility index (Phi) is 5.19. The van der Waals surface area contributed by atoms with Crippen molar-refractivity contribution < 1.29 is 9.59 Å². The lowest BCUT2D eigenvalue weighted by atomic mass is 10.1. The van der Waals surface area contributed by atoms with Crippen LogP contribution in [-0.4, -0.2) is 28.2 Å². The summed E-state index contributed by atoms with van der Waals surface area (Å²) in [4.78, 5) is 32.8. The summed E-state index contributed by atoms with van der Waals surface area (Å²) in [5.74, 6) is -0.308. The summed E-state index contributed by atoms with van der Waals surface area (Å²) in [6.07, 6.45) is 0.637. The highest BCUT2D eigenvalue weighted by atomic mass is 35.5. The molecule has 0 spiro atoms. The molecule has 2 aromatic heterocycles. The van der Waals surface area contributed by atoms with Gasteiger partial charge in [-0.2, -0.15) is 0 Å². The largest absolute Gasteiger partial charge is 0.333 e. The van der Waals surface area contributed by atoms with Crippen molar-refractivity contribution in [3.8, 4) is 0 Å². The van der Waals surface area contributed by atoms with Crippen molar-refractivity contribution in [3.05, 3.63) is 66.8 Å². The Morgan fingerprint density at radius 2 is 2.07 bits per heavy atom. The average Bonchev–Trinajstić information content (AvgIpc) is 3.30. The molecule has 1 aliphatic rings. The van der Waals surface area contributed by atoms with Gasteiger partial charge in [-0.1, -0.05) is 40.6 Å². The van der Waals surface area contributed by atoms with Gasteiger partial charge in [0.1, 0.15) is 0 Å². The molecule has 4 rings (SSSR count). The summed E-state index contributed by atoms with van der Waals surface area (Å²) in [5, 5.41) is 6.07. The Morgan fingerprint density at radius 3 is 2.81 bits per heavy atom. The molecule has 27 heavy (non-hydrogen) atoms. The molecule has 3 aromatic rings. The molecule has 138 valence electrons. The molecule has 1 N–H and O–H groups in total. The van der Waals surface area contributed by atoms with E-state index in [9.17, 15) is 9.59 Å². The lowest BCUT2D eigenvalue weighted by Gasteiger charge is -2.26. The SMILES string of the molecule is O=C(Nc1nc2c(s1)CN(C(=O)c1ccc(Cl)cc1Cl)CC2)c1cccs1. The highest BCUT2D eigenvalue weighted by Gasteiger charge is 2.26. The van der Waals surface area contributed by atoms with Crippen LogP contribution in [0.1, 0.15) is 30.6 Å². The van der Waals surface area contributed by atoms with E-state index in [2.05, 4.69) is 10.3 Å². The van der Waals surface area contributed by atoms with Crippen LogP contribution in [0, 0.1) is 0 Å². The molecule has 0 radical (unpaired) electrons. The molecular formula is C18H13Cl2N3O2S2. The van der Waals surface area contributed by atoms with E-state index in [4.69, 9.17) is 23.2 Å². The minimum atomic E-state index is -0.169. The third kappa shape index (κ3) is 3.87. The highest BCUT2D eigenvalue weighted by Crippen LogP contribution is 2.30. The van der Waals surface area contributed by atoms with Crippen molar-refractivity contribution in [2.24, 2.45) is 0 Å². The molecular weight excluding hydrogens is 425 g/mol. The first kappa shape index (κ1) is 18.4. The highest BCUT2D eigenvalue weighted by molar-refractivity contribution is 7.16. The van der Waals surface area contributed by atoms with E-state index >= 15 is 0 Å². The van der Waals surface area contributed by atoms with Gasteiger partial charge < -0.3 is 4.90 Å². The monoisotopic (exact) mass is 437 g/mol. The van der Waals surface area contributed by atoms with Crippen LogP contribution in [0.5, 0.6) is 0 Å². The normalized spacial score (nSPS) is 13.3. The lowest BCUT2D eigenvalue weighted by Crippen LogP contribution is -2.35. The zero-order valence-electron chi connectivity index (χ0n) is 13.9. The van der Waals surface area contributed by atoms with Crippen molar-refractivity contribution >= 4 is 62.8 Å². The number of amides is 2. The molecule has 0 bridgehead atoms. The van der Waals surface area contributed by atoms with Crippen LogP contribution in [0.4, 0.5) is 5.13 Å². The molecule has 0 unspecified atom stereocenters. The van der Waals surface area contributed by atoms with Gasteiger partial charge in [-0.15, -0.1) is 11.3 Å². The summed E-state index contributed by atoms with van der Waals surface area (Å²) in [7, 11) is 0. The van der Waals surface area contributed by atoms with E-state index in [1.54, 1.807) is 29.2 Å². The van der Waals surface area contributed by atoms with Crippen molar-refractivity contribution in [3.63, 3.8) is 0 Å². The van der Waals surface area contributed by atoms with Gasteiger partial charge in [0.2, 0.25) is 0 Å². The van der Waals surface area contributed by atoms with Crippen molar-refractivity contribution in [1.82, 2.24) is 9.88 Å².